The Morgan fingerprint density at radius 3 is 2.27 bits per heavy atom. The van der Waals surface area contributed by atoms with Crippen LogP contribution in [0.4, 0.5) is 0 Å². The fraction of sp³-hybridized carbons (Fsp3) is 0.545. The van der Waals surface area contributed by atoms with Gasteiger partial charge >= 0.3 is 5.97 Å². The number of ketones is 1. The highest BCUT2D eigenvalue weighted by molar-refractivity contribution is 9.12. The normalized spacial score (nSPS) is 31.9. The molecule has 0 radical (unpaired) electrons. The summed E-state index contributed by atoms with van der Waals surface area (Å²) in [5.74, 6) is -1.51. The molecule has 160 valence electrons. The molecule has 8 heteroatoms. The number of ether oxygens (including phenoxy) is 1. The first-order chi connectivity index (χ1) is 14.2. The van der Waals surface area contributed by atoms with Gasteiger partial charge in [-0.15, -0.1) is 0 Å². The molecule has 6 nitrogen and oxygen atoms in total. The third kappa shape index (κ3) is 3.55. The molecule has 2 amide bonds. The second-order valence-electron chi connectivity index (χ2n) is 8.48. The number of fused-ring (bicyclic) bond motifs is 5. The van der Waals surface area contributed by atoms with Crippen LogP contribution in [0.3, 0.4) is 0 Å². The molecule has 6 atom stereocenters. The molecule has 2 bridgehead atoms. The Kier molecular flexibility index (Phi) is 5.92. The lowest BCUT2D eigenvalue weighted by Gasteiger charge is -2.28. The van der Waals surface area contributed by atoms with Crippen molar-refractivity contribution in [2.75, 3.05) is 13.2 Å². The largest absolute Gasteiger partial charge is 0.457 e. The van der Waals surface area contributed by atoms with Gasteiger partial charge in [0.2, 0.25) is 17.6 Å². The summed E-state index contributed by atoms with van der Waals surface area (Å²) in [6, 6.07) is 5.54. The van der Waals surface area contributed by atoms with Crippen molar-refractivity contribution in [2.45, 2.75) is 36.3 Å². The van der Waals surface area contributed by atoms with Gasteiger partial charge in [0, 0.05) is 21.8 Å². The fourth-order valence-electron chi connectivity index (χ4n) is 5.17. The highest BCUT2D eigenvalue weighted by Gasteiger charge is 2.66. The number of hydrogen-bond donors (Lipinski definition) is 0. The maximum absolute atomic E-state index is 12.8. The van der Waals surface area contributed by atoms with Gasteiger partial charge in [-0.05, 0) is 43.7 Å². The molecule has 1 heterocycles. The minimum Gasteiger partial charge on any atom is -0.457 e. The van der Waals surface area contributed by atoms with Crippen LogP contribution in [0.25, 0.3) is 0 Å². The number of nitrogens with zero attached hydrogens (tertiary/aromatic N) is 1. The van der Waals surface area contributed by atoms with E-state index in [1.54, 1.807) is 6.07 Å². The monoisotopic (exact) mass is 539 g/mol. The SMILES string of the molecule is Cc1ccc(C)c(C(=O)COC(=O)CCN2C(=O)[C@@H]3[C@@H]4C[C@@H]([C@H](Br)[C@@H]4Br)[C@@H]3C2=O)c1. The highest BCUT2D eigenvalue weighted by atomic mass is 79.9. The van der Waals surface area contributed by atoms with Gasteiger partial charge in [-0.2, -0.15) is 0 Å². The van der Waals surface area contributed by atoms with Crippen molar-refractivity contribution >= 4 is 55.4 Å². The molecule has 30 heavy (non-hydrogen) atoms. The molecule has 0 aromatic heterocycles. The third-order valence-corrected chi connectivity index (χ3v) is 9.88. The number of carbonyl (C=O) groups excluding carboxylic acids is 4. The summed E-state index contributed by atoms with van der Waals surface area (Å²) < 4.78 is 5.11. The summed E-state index contributed by atoms with van der Waals surface area (Å²) >= 11 is 7.31. The molecule has 2 aliphatic carbocycles. The number of Topliss-reactive ketones (excluding diaryl/α,β-unsaturated/α-hetero) is 1. The van der Waals surface area contributed by atoms with Crippen LogP contribution in [-0.4, -0.2) is 51.3 Å². The summed E-state index contributed by atoms with van der Waals surface area (Å²) in [7, 11) is 0. The lowest BCUT2D eigenvalue weighted by Crippen LogP contribution is -2.37. The van der Waals surface area contributed by atoms with E-state index in [-0.39, 0.29) is 70.5 Å². The van der Waals surface area contributed by atoms with Crippen LogP contribution in [0.2, 0.25) is 0 Å². The smallest absolute Gasteiger partial charge is 0.308 e. The molecule has 0 unspecified atom stereocenters. The molecule has 1 saturated heterocycles. The van der Waals surface area contributed by atoms with Crippen LogP contribution >= 0.6 is 31.9 Å². The number of hydrogen-bond acceptors (Lipinski definition) is 5. The van der Waals surface area contributed by atoms with E-state index in [0.29, 0.717) is 5.56 Å². The van der Waals surface area contributed by atoms with E-state index >= 15 is 0 Å². The van der Waals surface area contributed by atoms with Crippen molar-refractivity contribution in [1.82, 2.24) is 4.90 Å². The number of halogens is 2. The van der Waals surface area contributed by atoms with E-state index in [0.717, 1.165) is 17.5 Å². The highest BCUT2D eigenvalue weighted by Crippen LogP contribution is 2.60. The predicted octanol–water partition coefficient (Wildman–Crippen LogP) is 3.20. The number of alkyl halides is 2. The van der Waals surface area contributed by atoms with E-state index in [2.05, 4.69) is 31.9 Å². The number of esters is 1. The van der Waals surface area contributed by atoms with Crippen LogP contribution < -0.4 is 0 Å². The molecule has 1 aromatic carbocycles. The quantitative estimate of drug-likeness (QED) is 0.239. The minimum absolute atomic E-state index is 0.000504. The van der Waals surface area contributed by atoms with E-state index in [1.165, 1.54) is 4.90 Å². The lowest BCUT2D eigenvalue weighted by molar-refractivity contribution is -0.145. The first kappa shape index (κ1) is 21.7. The Morgan fingerprint density at radius 2 is 1.67 bits per heavy atom. The summed E-state index contributed by atoms with van der Waals surface area (Å²) in [5.41, 5.74) is 2.31. The molecule has 0 spiro atoms. The molecule has 0 N–H and O–H groups in total. The average Bonchev–Trinajstić information content (AvgIpc) is 3.31. The zero-order chi connectivity index (χ0) is 21.7. The molecule has 3 fully saturated rings. The van der Waals surface area contributed by atoms with Gasteiger partial charge in [-0.25, -0.2) is 0 Å². The van der Waals surface area contributed by atoms with Crippen molar-refractivity contribution in [3.63, 3.8) is 0 Å². The van der Waals surface area contributed by atoms with Gasteiger partial charge in [0.1, 0.15) is 0 Å². The van der Waals surface area contributed by atoms with Crippen LogP contribution in [0.15, 0.2) is 18.2 Å². The maximum atomic E-state index is 12.8. The maximum Gasteiger partial charge on any atom is 0.308 e. The summed E-state index contributed by atoms with van der Waals surface area (Å²) in [5, 5.41) is 0. The summed E-state index contributed by atoms with van der Waals surface area (Å²) in [4.78, 5) is 51.8. The van der Waals surface area contributed by atoms with Crippen molar-refractivity contribution < 1.29 is 23.9 Å². The topological polar surface area (TPSA) is 80.8 Å². The average molecular weight is 541 g/mol. The van der Waals surface area contributed by atoms with Crippen LogP contribution in [0, 0.1) is 37.5 Å². The van der Waals surface area contributed by atoms with Crippen molar-refractivity contribution in [3.05, 3.63) is 34.9 Å². The van der Waals surface area contributed by atoms with Gasteiger partial charge in [-0.1, -0.05) is 49.6 Å². The van der Waals surface area contributed by atoms with Gasteiger partial charge in [0.15, 0.2) is 6.61 Å². The molecular formula is C22H23Br2NO5. The molecule has 3 aliphatic rings. The number of benzene rings is 1. The second kappa shape index (κ2) is 8.19. The molecule has 1 aliphatic heterocycles. The van der Waals surface area contributed by atoms with Gasteiger partial charge in [-0.3, -0.25) is 24.1 Å². The van der Waals surface area contributed by atoms with Gasteiger partial charge in [0.05, 0.1) is 18.3 Å². The Morgan fingerprint density at radius 1 is 1.07 bits per heavy atom. The zero-order valence-electron chi connectivity index (χ0n) is 16.8. The number of imide groups is 1. The molecule has 2 saturated carbocycles. The Balaban J connectivity index is 1.31. The number of aryl methyl sites for hydroxylation is 2. The van der Waals surface area contributed by atoms with Crippen molar-refractivity contribution in [1.29, 1.82) is 0 Å². The zero-order valence-corrected chi connectivity index (χ0v) is 19.9. The second-order valence-corrected chi connectivity index (χ2v) is 10.6. The van der Waals surface area contributed by atoms with Crippen LogP contribution in [0.5, 0.6) is 0 Å². The lowest BCUT2D eigenvalue weighted by atomic mass is 9.81. The first-order valence-electron chi connectivity index (χ1n) is 10.1. The van der Waals surface area contributed by atoms with E-state index in [1.807, 2.05) is 26.0 Å². The van der Waals surface area contributed by atoms with E-state index in [9.17, 15) is 19.2 Å². The molecular weight excluding hydrogens is 518 g/mol. The summed E-state index contributed by atoms with van der Waals surface area (Å²) in [6.45, 7) is 3.37. The number of carbonyl (C=O) groups is 4. The van der Waals surface area contributed by atoms with Gasteiger partial charge < -0.3 is 4.74 Å². The minimum atomic E-state index is -0.592. The fourth-order valence-corrected chi connectivity index (χ4v) is 7.04. The number of rotatable bonds is 6. The Labute approximate surface area is 192 Å². The third-order valence-electron chi connectivity index (χ3n) is 6.68. The Bertz CT molecular complexity index is 900. The molecule has 4 rings (SSSR count). The standard InChI is InChI=1S/C22H23Br2NO5/c1-10-3-4-11(2)12(7-10)15(26)9-30-16(27)5-6-25-21(28)17-13-8-14(18(17)22(25)29)20(24)19(13)23/h3-4,7,13-14,17-20H,5-6,8-9H2,1-2H3/t13-,14+,17+,18-,19+,20-. The van der Waals surface area contributed by atoms with Crippen LogP contribution in [0.1, 0.15) is 34.3 Å². The van der Waals surface area contributed by atoms with E-state index < -0.39 is 5.97 Å². The number of likely N-dealkylation sites (tertiary alicyclic amines) is 1. The first-order valence-corrected chi connectivity index (χ1v) is 11.9. The van der Waals surface area contributed by atoms with Gasteiger partial charge in [0.25, 0.3) is 0 Å². The van der Waals surface area contributed by atoms with Crippen LogP contribution in [-0.2, 0) is 19.1 Å². The summed E-state index contributed by atoms with van der Waals surface area (Å²) in [6.07, 6.45) is 0.761. The predicted molar refractivity (Wildman–Crippen MR) is 117 cm³/mol. The molecule has 1 aromatic rings. The number of amides is 2. The van der Waals surface area contributed by atoms with Crippen molar-refractivity contribution in [3.8, 4) is 0 Å². The van der Waals surface area contributed by atoms with Crippen molar-refractivity contribution in [2.24, 2.45) is 23.7 Å². The Hall–Kier alpha value is -1.54. The van der Waals surface area contributed by atoms with E-state index in [4.69, 9.17) is 4.74 Å².